The highest BCUT2D eigenvalue weighted by atomic mass is 35.5. The lowest BCUT2D eigenvalue weighted by Gasteiger charge is -2.32. The molecule has 3 aromatic rings. The summed E-state index contributed by atoms with van der Waals surface area (Å²) in [6.45, 7) is 5.42. The molecule has 0 atom stereocenters. The second kappa shape index (κ2) is 9.20. The van der Waals surface area contributed by atoms with Crippen molar-refractivity contribution in [2.24, 2.45) is 0 Å². The lowest BCUT2D eigenvalue weighted by molar-refractivity contribution is -0.129. The summed E-state index contributed by atoms with van der Waals surface area (Å²) in [5.41, 5.74) is 3.04. The molecule has 6 nitrogen and oxygen atoms in total. The van der Waals surface area contributed by atoms with Crippen molar-refractivity contribution in [1.82, 2.24) is 24.6 Å². The minimum atomic E-state index is 0.135. The monoisotopic (exact) mass is 441 g/mol. The Morgan fingerprint density at radius 3 is 2.50 bits per heavy atom. The first-order valence-corrected chi connectivity index (χ1v) is 11.2. The van der Waals surface area contributed by atoms with Crippen LogP contribution in [-0.2, 0) is 4.79 Å². The van der Waals surface area contributed by atoms with Crippen LogP contribution < -0.4 is 0 Å². The van der Waals surface area contributed by atoms with Crippen LogP contribution in [0.3, 0.4) is 0 Å². The lowest BCUT2D eigenvalue weighted by atomic mass is 10.1. The van der Waals surface area contributed by atoms with Crippen molar-refractivity contribution in [1.29, 1.82) is 0 Å². The highest BCUT2D eigenvalue weighted by molar-refractivity contribution is 7.99. The summed E-state index contributed by atoms with van der Waals surface area (Å²) < 4.78 is 1.99. The minimum absolute atomic E-state index is 0.135. The topological polar surface area (TPSA) is 54.3 Å². The number of hydrogen-bond acceptors (Lipinski definition) is 5. The van der Waals surface area contributed by atoms with Gasteiger partial charge in [-0.2, -0.15) is 0 Å². The number of aromatic nitrogens is 3. The first kappa shape index (κ1) is 20.9. The van der Waals surface area contributed by atoms with E-state index >= 15 is 0 Å². The minimum Gasteiger partial charge on any atom is -0.339 e. The zero-order valence-corrected chi connectivity index (χ0v) is 18.7. The molecule has 0 unspecified atom stereocenters. The Balaban J connectivity index is 1.61. The van der Waals surface area contributed by atoms with Crippen LogP contribution in [0.1, 0.15) is 5.56 Å². The van der Waals surface area contributed by atoms with Gasteiger partial charge in [-0.25, -0.2) is 0 Å². The summed E-state index contributed by atoms with van der Waals surface area (Å²) in [5, 5.41) is 10.2. The Hall–Kier alpha value is -2.35. The highest BCUT2D eigenvalue weighted by Gasteiger charge is 2.22. The molecule has 1 saturated heterocycles. The molecule has 0 N–H and O–H groups in total. The van der Waals surface area contributed by atoms with Crippen molar-refractivity contribution in [3.8, 4) is 17.1 Å². The summed E-state index contributed by atoms with van der Waals surface area (Å²) >= 11 is 7.51. The number of benzene rings is 2. The van der Waals surface area contributed by atoms with Crippen molar-refractivity contribution >= 4 is 29.3 Å². The maximum absolute atomic E-state index is 12.7. The van der Waals surface area contributed by atoms with Gasteiger partial charge in [0.25, 0.3) is 0 Å². The third-order valence-corrected chi connectivity index (χ3v) is 6.34. The highest BCUT2D eigenvalue weighted by Crippen LogP contribution is 2.29. The van der Waals surface area contributed by atoms with Gasteiger partial charge in [0.15, 0.2) is 11.0 Å². The maximum atomic E-state index is 12.7. The van der Waals surface area contributed by atoms with Crippen LogP contribution in [0, 0.1) is 6.92 Å². The van der Waals surface area contributed by atoms with E-state index in [0.717, 1.165) is 48.8 Å². The molecule has 2 heterocycles. The summed E-state index contributed by atoms with van der Waals surface area (Å²) in [7, 11) is 2.08. The second-order valence-electron chi connectivity index (χ2n) is 7.46. The van der Waals surface area contributed by atoms with Crippen molar-refractivity contribution in [2.75, 3.05) is 39.0 Å². The molecule has 0 bridgehead atoms. The molecule has 0 spiro atoms. The van der Waals surface area contributed by atoms with Crippen LogP contribution in [-0.4, -0.2) is 69.5 Å². The third-order valence-electron chi connectivity index (χ3n) is 5.18. The molecule has 1 fully saturated rings. The van der Waals surface area contributed by atoms with Crippen LogP contribution in [0.15, 0.2) is 53.7 Å². The smallest absolute Gasteiger partial charge is 0.233 e. The third kappa shape index (κ3) is 4.69. The van der Waals surface area contributed by atoms with E-state index < -0.39 is 0 Å². The summed E-state index contributed by atoms with van der Waals surface area (Å²) in [6.07, 6.45) is 0. The normalized spacial score (nSPS) is 14.8. The molecular formula is C22H24ClN5OS. The van der Waals surface area contributed by atoms with Crippen LogP contribution in [0.5, 0.6) is 0 Å². The Kier molecular flexibility index (Phi) is 6.41. The van der Waals surface area contributed by atoms with Crippen molar-refractivity contribution in [2.45, 2.75) is 12.1 Å². The maximum Gasteiger partial charge on any atom is 0.233 e. The zero-order chi connectivity index (χ0) is 21.1. The zero-order valence-electron chi connectivity index (χ0n) is 17.1. The van der Waals surface area contributed by atoms with Crippen LogP contribution in [0.4, 0.5) is 0 Å². The lowest BCUT2D eigenvalue weighted by Crippen LogP contribution is -2.47. The fourth-order valence-corrected chi connectivity index (χ4v) is 4.41. The van der Waals surface area contributed by atoms with Crippen LogP contribution in [0.25, 0.3) is 17.1 Å². The SMILES string of the molecule is Cc1cccc(-c2nnc(SCC(=O)N3CCN(C)CC3)n2-c2ccc(Cl)cc2)c1. The molecule has 30 heavy (non-hydrogen) atoms. The van der Waals surface area contributed by atoms with Gasteiger partial charge in [-0.1, -0.05) is 47.1 Å². The number of piperazine rings is 1. The molecule has 1 aliphatic rings. The number of aryl methyl sites for hydroxylation is 1. The van der Waals surface area contributed by atoms with Gasteiger partial charge in [-0.15, -0.1) is 10.2 Å². The second-order valence-corrected chi connectivity index (χ2v) is 8.84. The predicted octanol–water partition coefficient (Wildman–Crippen LogP) is 3.76. The average molecular weight is 442 g/mol. The summed E-state index contributed by atoms with van der Waals surface area (Å²) in [6, 6.07) is 15.7. The van der Waals surface area contributed by atoms with Gasteiger partial charge < -0.3 is 9.80 Å². The van der Waals surface area contributed by atoms with E-state index in [1.54, 1.807) is 0 Å². The van der Waals surface area contributed by atoms with Crippen molar-refractivity contribution in [3.05, 3.63) is 59.1 Å². The average Bonchev–Trinajstić information content (AvgIpc) is 3.17. The number of amides is 1. The van der Waals surface area contributed by atoms with Gasteiger partial charge in [-0.3, -0.25) is 9.36 Å². The molecule has 1 aliphatic heterocycles. The Bertz CT molecular complexity index is 1030. The number of hydrogen-bond donors (Lipinski definition) is 0. The van der Waals surface area contributed by atoms with Crippen LogP contribution in [0.2, 0.25) is 5.02 Å². The fraction of sp³-hybridized carbons (Fsp3) is 0.318. The van der Waals surface area contributed by atoms with Crippen molar-refractivity contribution < 1.29 is 4.79 Å². The van der Waals surface area contributed by atoms with Gasteiger partial charge in [0.1, 0.15) is 0 Å². The number of likely N-dealkylation sites (N-methyl/N-ethyl adjacent to an activating group) is 1. The molecule has 4 rings (SSSR count). The van der Waals surface area contributed by atoms with Gasteiger partial charge in [0.2, 0.25) is 5.91 Å². The molecule has 156 valence electrons. The number of thioether (sulfide) groups is 1. The molecular weight excluding hydrogens is 418 g/mol. The quantitative estimate of drug-likeness (QED) is 0.564. The van der Waals surface area contributed by atoms with E-state index in [2.05, 4.69) is 41.2 Å². The molecule has 0 aliphatic carbocycles. The standard InChI is InChI=1S/C22H24ClN5OS/c1-16-4-3-5-17(14-16)21-24-25-22(28(21)19-8-6-18(23)7-9-19)30-15-20(29)27-12-10-26(2)11-13-27/h3-9,14H,10-13,15H2,1-2H3. The van der Waals surface area contributed by atoms with E-state index in [0.29, 0.717) is 15.9 Å². The molecule has 2 aromatic carbocycles. The molecule has 1 aromatic heterocycles. The van der Waals surface area contributed by atoms with Gasteiger partial charge >= 0.3 is 0 Å². The van der Waals surface area contributed by atoms with E-state index in [-0.39, 0.29) is 5.91 Å². The van der Waals surface area contributed by atoms with Crippen molar-refractivity contribution in [3.63, 3.8) is 0 Å². The Labute approximate surface area is 185 Å². The molecule has 0 saturated carbocycles. The van der Waals surface area contributed by atoms with Gasteiger partial charge in [0.05, 0.1) is 5.75 Å². The largest absolute Gasteiger partial charge is 0.339 e. The fourth-order valence-electron chi connectivity index (χ4n) is 3.43. The first-order valence-electron chi connectivity index (χ1n) is 9.89. The first-order chi connectivity index (χ1) is 14.5. The molecule has 1 amide bonds. The van der Waals surface area contributed by atoms with Gasteiger partial charge in [-0.05, 0) is 44.3 Å². The van der Waals surface area contributed by atoms with E-state index in [1.165, 1.54) is 11.8 Å². The Morgan fingerprint density at radius 1 is 1.07 bits per heavy atom. The van der Waals surface area contributed by atoms with E-state index in [9.17, 15) is 4.79 Å². The summed E-state index contributed by atoms with van der Waals surface area (Å²) in [5.74, 6) is 1.22. The number of halogens is 1. The number of carbonyl (C=O) groups is 1. The Morgan fingerprint density at radius 2 is 1.80 bits per heavy atom. The van der Waals surface area contributed by atoms with Crippen LogP contribution >= 0.6 is 23.4 Å². The number of nitrogens with zero attached hydrogens (tertiary/aromatic N) is 5. The van der Waals surface area contributed by atoms with E-state index in [1.807, 2.05) is 45.9 Å². The number of rotatable bonds is 5. The van der Waals surface area contributed by atoms with Gasteiger partial charge in [0, 0.05) is 42.5 Å². The molecule has 8 heteroatoms. The van der Waals surface area contributed by atoms with E-state index in [4.69, 9.17) is 11.6 Å². The molecule has 0 radical (unpaired) electrons. The predicted molar refractivity (Wildman–Crippen MR) is 121 cm³/mol. The number of carbonyl (C=O) groups excluding carboxylic acids is 1. The summed E-state index contributed by atoms with van der Waals surface area (Å²) in [4.78, 5) is 16.9.